The van der Waals surface area contributed by atoms with Crippen molar-refractivity contribution in [1.82, 2.24) is 0 Å². The SMILES string of the molecule is CCCCCCCCCC(=O)OC[C@H](COP(=O)(O)OC[C@H](O)COP(=O)(O)OC[C@@H](COC(=O)CCCCCCCCCCCCCCCCC(C)CC)OC(=O)CCCCCCCCCCCCCCCCCC(C)C)OC(=O)CCCCCCCCCCCCC(C)C. The quantitative estimate of drug-likeness (QED) is 0.0222. The molecule has 3 unspecified atom stereocenters. The lowest BCUT2D eigenvalue weighted by molar-refractivity contribution is -0.161. The number of aliphatic hydroxyl groups excluding tert-OH is 1. The maximum absolute atomic E-state index is 13.1. The Labute approximate surface area is 588 Å². The molecule has 0 aliphatic rings. The first-order valence-corrected chi connectivity index (χ1v) is 42.9. The molecular formula is C77H150O17P2. The Hall–Kier alpha value is -1.94. The van der Waals surface area contributed by atoms with E-state index in [2.05, 4.69) is 48.5 Å². The summed E-state index contributed by atoms with van der Waals surface area (Å²) in [7, 11) is -9.91. The fourth-order valence-electron chi connectivity index (χ4n) is 11.7. The van der Waals surface area contributed by atoms with Crippen LogP contribution in [-0.4, -0.2) is 96.7 Å². The Morgan fingerprint density at radius 3 is 0.792 bits per heavy atom. The van der Waals surface area contributed by atoms with Gasteiger partial charge >= 0.3 is 39.5 Å². The average molecular weight is 1410 g/mol. The van der Waals surface area contributed by atoms with E-state index < -0.39 is 97.5 Å². The summed E-state index contributed by atoms with van der Waals surface area (Å²) < 4.78 is 68.5. The third kappa shape index (κ3) is 69.2. The molecule has 0 bridgehead atoms. The minimum Gasteiger partial charge on any atom is -0.462 e. The molecule has 96 heavy (non-hydrogen) atoms. The van der Waals surface area contributed by atoms with E-state index in [-0.39, 0.29) is 25.7 Å². The van der Waals surface area contributed by atoms with Crippen LogP contribution in [0.4, 0.5) is 0 Å². The van der Waals surface area contributed by atoms with Crippen molar-refractivity contribution in [2.75, 3.05) is 39.6 Å². The maximum Gasteiger partial charge on any atom is 0.472 e. The molecule has 3 N–H and O–H groups in total. The molecule has 0 aromatic heterocycles. The topological polar surface area (TPSA) is 237 Å². The van der Waals surface area contributed by atoms with Gasteiger partial charge in [-0.2, -0.15) is 0 Å². The van der Waals surface area contributed by atoms with Gasteiger partial charge in [0.1, 0.15) is 19.3 Å². The first-order chi connectivity index (χ1) is 46.3. The van der Waals surface area contributed by atoms with Crippen LogP contribution in [-0.2, 0) is 65.4 Å². The molecule has 0 aromatic carbocycles. The van der Waals surface area contributed by atoms with Gasteiger partial charge in [0, 0.05) is 25.7 Å². The molecule has 570 valence electrons. The standard InChI is InChI=1S/C77H150O17P2/c1-8-10-11-12-34-44-51-58-74(79)87-64-72(93-77(82)61-54-47-40-33-27-26-29-36-42-49-56-69(5)6)66-91-95(83,84)89-62-71(78)63-90-96(85,86)92-67-73(94-76(81)60-53-46-39-32-25-21-15-13-14-18-22-28-35-41-48-55-68(3)4)65-88-75(80)59-52-45-38-31-24-20-17-16-19-23-30-37-43-50-57-70(7)9-2/h68-73,78H,8-67H2,1-7H3,(H,83,84)(H,85,86)/t70?,71-,72+,73+/m0/s1. The molecule has 0 radical (unpaired) electrons. The van der Waals surface area contributed by atoms with E-state index in [4.69, 9.17) is 37.0 Å². The van der Waals surface area contributed by atoms with Crippen molar-refractivity contribution in [3.05, 3.63) is 0 Å². The summed E-state index contributed by atoms with van der Waals surface area (Å²) in [5, 5.41) is 10.6. The van der Waals surface area contributed by atoms with Gasteiger partial charge < -0.3 is 33.8 Å². The molecule has 0 spiro atoms. The van der Waals surface area contributed by atoms with Crippen molar-refractivity contribution in [2.24, 2.45) is 17.8 Å². The predicted octanol–water partition coefficient (Wildman–Crippen LogP) is 22.6. The summed E-state index contributed by atoms with van der Waals surface area (Å²) >= 11 is 0. The molecule has 0 aromatic rings. The fraction of sp³-hybridized carbons (Fsp3) is 0.948. The molecule has 17 nitrogen and oxygen atoms in total. The number of esters is 4. The molecule has 0 fully saturated rings. The van der Waals surface area contributed by atoms with E-state index >= 15 is 0 Å². The molecule has 0 heterocycles. The van der Waals surface area contributed by atoms with Crippen LogP contribution in [0.1, 0.15) is 395 Å². The normalized spacial score (nSPS) is 14.3. The van der Waals surface area contributed by atoms with Gasteiger partial charge in [0.15, 0.2) is 12.2 Å². The van der Waals surface area contributed by atoms with Crippen LogP contribution in [0.15, 0.2) is 0 Å². The number of hydrogen-bond donors (Lipinski definition) is 3. The van der Waals surface area contributed by atoms with Crippen molar-refractivity contribution in [3.63, 3.8) is 0 Å². The van der Waals surface area contributed by atoms with Crippen molar-refractivity contribution >= 4 is 39.5 Å². The van der Waals surface area contributed by atoms with Crippen LogP contribution in [0.2, 0.25) is 0 Å². The number of carbonyl (C=O) groups is 4. The molecule has 0 aliphatic heterocycles. The molecule has 0 saturated carbocycles. The van der Waals surface area contributed by atoms with Crippen molar-refractivity contribution < 1.29 is 80.2 Å². The van der Waals surface area contributed by atoms with E-state index in [1.54, 1.807) is 0 Å². The van der Waals surface area contributed by atoms with Crippen LogP contribution in [0.3, 0.4) is 0 Å². The van der Waals surface area contributed by atoms with Gasteiger partial charge in [0.05, 0.1) is 26.4 Å². The van der Waals surface area contributed by atoms with Gasteiger partial charge in [0.25, 0.3) is 0 Å². The molecular weight excluding hydrogens is 1260 g/mol. The molecule has 0 saturated heterocycles. The van der Waals surface area contributed by atoms with Crippen LogP contribution >= 0.6 is 15.6 Å². The highest BCUT2D eigenvalue weighted by molar-refractivity contribution is 7.47. The van der Waals surface area contributed by atoms with Crippen LogP contribution in [0.5, 0.6) is 0 Å². The lowest BCUT2D eigenvalue weighted by Gasteiger charge is -2.21. The van der Waals surface area contributed by atoms with E-state index in [0.29, 0.717) is 25.7 Å². The highest BCUT2D eigenvalue weighted by Crippen LogP contribution is 2.45. The van der Waals surface area contributed by atoms with E-state index in [1.165, 1.54) is 193 Å². The fourth-order valence-corrected chi connectivity index (χ4v) is 13.3. The van der Waals surface area contributed by atoms with E-state index in [0.717, 1.165) is 120 Å². The number of hydrogen-bond acceptors (Lipinski definition) is 15. The lowest BCUT2D eigenvalue weighted by atomic mass is 9.99. The predicted molar refractivity (Wildman–Crippen MR) is 391 cm³/mol. The Morgan fingerprint density at radius 1 is 0.302 bits per heavy atom. The average Bonchev–Trinajstić information content (AvgIpc) is 1.35. The molecule has 19 heteroatoms. The number of phosphoric acid groups is 2. The maximum atomic E-state index is 13.1. The minimum atomic E-state index is -4.96. The van der Waals surface area contributed by atoms with Gasteiger partial charge in [-0.25, -0.2) is 9.13 Å². The second-order valence-corrected chi connectivity index (χ2v) is 31.8. The first-order valence-electron chi connectivity index (χ1n) is 39.9. The van der Waals surface area contributed by atoms with Gasteiger partial charge in [-0.1, -0.05) is 344 Å². The number of carbonyl (C=O) groups excluding carboxylic acids is 4. The second kappa shape index (κ2) is 67.5. The van der Waals surface area contributed by atoms with Gasteiger partial charge in [-0.05, 0) is 43.4 Å². The minimum absolute atomic E-state index is 0.105. The summed E-state index contributed by atoms with van der Waals surface area (Å²) in [4.78, 5) is 72.7. The summed E-state index contributed by atoms with van der Waals surface area (Å²) in [6.45, 7) is 11.9. The van der Waals surface area contributed by atoms with Crippen LogP contribution in [0.25, 0.3) is 0 Å². The molecule has 0 amide bonds. The monoisotopic (exact) mass is 1410 g/mol. The summed E-state index contributed by atoms with van der Waals surface area (Å²) in [6.07, 6.45) is 54.2. The largest absolute Gasteiger partial charge is 0.472 e. The highest BCUT2D eigenvalue weighted by Gasteiger charge is 2.30. The number of phosphoric ester groups is 2. The zero-order chi connectivity index (χ0) is 70.9. The van der Waals surface area contributed by atoms with Crippen molar-refractivity contribution in [2.45, 2.75) is 414 Å². The second-order valence-electron chi connectivity index (χ2n) is 28.9. The van der Waals surface area contributed by atoms with Gasteiger partial charge in [-0.15, -0.1) is 0 Å². The first kappa shape index (κ1) is 94.1. The van der Waals surface area contributed by atoms with Gasteiger partial charge in [0.2, 0.25) is 0 Å². The Morgan fingerprint density at radius 2 is 0.531 bits per heavy atom. The third-order valence-corrected chi connectivity index (χ3v) is 20.1. The Bertz CT molecular complexity index is 1870. The van der Waals surface area contributed by atoms with Crippen molar-refractivity contribution in [1.29, 1.82) is 0 Å². The third-order valence-electron chi connectivity index (χ3n) is 18.2. The smallest absolute Gasteiger partial charge is 0.462 e. The lowest BCUT2D eigenvalue weighted by Crippen LogP contribution is -2.30. The zero-order valence-electron chi connectivity index (χ0n) is 62.8. The summed E-state index contributed by atoms with van der Waals surface area (Å²) in [5.74, 6) is 0.284. The van der Waals surface area contributed by atoms with Gasteiger partial charge in [-0.3, -0.25) is 37.3 Å². The van der Waals surface area contributed by atoms with E-state index in [9.17, 15) is 43.2 Å². The molecule has 6 atom stereocenters. The number of rotatable bonds is 75. The zero-order valence-corrected chi connectivity index (χ0v) is 64.6. The van der Waals surface area contributed by atoms with Crippen LogP contribution in [0, 0.1) is 17.8 Å². The van der Waals surface area contributed by atoms with Crippen molar-refractivity contribution in [3.8, 4) is 0 Å². The summed E-state index contributed by atoms with van der Waals surface area (Å²) in [5.41, 5.74) is 0. The molecule has 0 aliphatic carbocycles. The Balaban J connectivity index is 5.20. The number of ether oxygens (including phenoxy) is 4. The highest BCUT2D eigenvalue weighted by atomic mass is 31.2. The molecule has 0 rings (SSSR count). The number of aliphatic hydroxyl groups is 1. The van der Waals surface area contributed by atoms with Crippen LogP contribution < -0.4 is 0 Å². The Kier molecular flexibility index (Phi) is 66.2. The summed E-state index contributed by atoms with van der Waals surface area (Å²) in [6, 6.07) is 0. The number of unbranched alkanes of at least 4 members (excludes halogenated alkanes) is 42. The van der Waals surface area contributed by atoms with E-state index in [1.807, 2.05) is 0 Å².